The van der Waals surface area contributed by atoms with E-state index >= 15 is 0 Å². The van der Waals surface area contributed by atoms with Crippen molar-refractivity contribution >= 4 is 6.08 Å². The summed E-state index contributed by atoms with van der Waals surface area (Å²) < 4.78 is 0. The number of aryl methyl sites for hydroxylation is 1. The van der Waals surface area contributed by atoms with Crippen molar-refractivity contribution in [3.63, 3.8) is 0 Å². The zero-order valence-corrected chi connectivity index (χ0v) is 11.0. The molecule has 0 atom stereocenters. The molecule has 0 fully saturated rings. The lowest BCUT2D eigenvalue weighted by Gasteiger charge is -2.04. The Morgan fingerprint density at radius 2 is 1.44 bits per heavy atom. The van der Waals surface area contributed by atoms with Crippen LogP contribution in [0, 0.1) is 0 Å². The molecule has 0 spiro atoms. The van der Waals surface area contributed by atoms with Crippen molar-refractivity contribution in [2.75, 3.05) is 0 Å². The molecule has 0 aliphatic rings. The number of rotatable bonds is 5. The van der Waals surface area contributed by atoms with Gasteiger partial charge in [-0.15, -0.1) is 0 Å². The van der Waals surface area contributed by atoms with Crippen molar-refractivity contribution in [2.45, 2.75) is 26.2 Å². The van der Waals surface area contributed by atoms with Crippen LogP contribution < -0.4 is 0 Å². The third-order valence-electron chi connectivity index (χ3n) is 3.25. The molecule has 0 heteroatoms. The highest BCUT2D eigenvalue weighted by Gasteiger charge is 1.98. The SMILES string of the molecule is C=Cc1ccc(-c2ccc(CCCC)cc2)cc1. The van der Waals surface area contributed by atoms with Crippen molar-refractivity contribution in [3.05, 3.63) is 66.2 Å². The molecule has 18 heavy (non-hydrogen) atoms. The Morgan fingerprint density at radius 1 is 0.889 bits per heavy atom. The number of hydrogen-bond donors (Lipinski definition) is 0. The molecule has 0 N–H and O–H groups in total. The van der Waals surface area contributed by atoms with Crippen LogP contribution in [0.5, 0.6) is 0 Å². The van der Waals surface area contributed by atoms with Crippen molar-refractivity contribution in [2.24, 2.45) is 0 Å². The summed E-state index contributed by atoms with van der Waals surface area (Å²) in [6, 6.07) is 17.4. The van der Waals surface area contributed by atoms with E-state index in [0.29, 0.717) is 0 Å². The molecule has 0 heterocycles. The van der Waals surface area contributed by atoms with Gasteiger partial charge in [0.25, 0.3) is 0 Å². The highest BCUT2D eigenvalue weighted by Crippen LogP contribution is 2.21. The minimum atomic E-state index is 1.17. The van der Waals surface area contributed by atoms with Gasteiger partial charge in [0.05, 0.1) is 0 Å². The molecule has 0 aliphatic carbocycles. The first-order valence-electron chi connectivity index (χ1n) is 6.65. The summed E-state index contributed by atoms with van der Waals surface area (Å²) in [5, 5.41) is 0. The van der Waals surface area contributed by atoms with Crippen LogP contribution in [-0.2, 0) is 6.42 Å². The highest BCUT2D eigenvalue weighted by molar-refractivity contribution is 5.65. The van der Waals surface area contributed by atoms with Crippen LogP contribution in [0.25, 0.3) is 17.2 Å². The molecule has 92 valence electrons. The first-order chi connectivity index (χ1) is 8.83. The second kappa shape index (κ2) is 6.20. The van der Waals surface area contributed by atoms with E-state index in [1.165, 1.54) is 41.5 Å². The van der Waals surface area contributed by atoms with Crippen molar-refractivity contribution in [3.8, 4) is 11.1 Å². The van der Waals surface area contributed by atoms with Crippen molar-refractivity contribution in [1.29, 1.82) is 0 Å². The van der Waals surface area contributed by atoms with E-state index in [9.17, 15) is 0 Å². The van der Waals surface area contributed by atoms with Gasteiger partial charge in [0.2, 0.25) is 0 Å². The van der Waals surface area contributed by atoms with Crippen LogP contribution in [0.4, 0.5) is 0 Å². The molecule has 0 saturated heterocycles. The fourth-order valence-electron chi connectivity index (χ4n) is 2.06. The van der Waals surface area contributed by atoms with E-state index in [1.807, 2.05) is 6.08 Å². The summed E-state index contributed by atoms with van der Waals surface area (Å²) in [6.45, 7) is 6.01. The summed E-state index contributed by atoms with van der Waals surface area (Å²) in [7, 11) is 0. The molecule has 0 radical (unpaired) electrons. The Morgan fingerprint density at radius 3 is 1.94 bits per heavy atom. The zero-order chi connectivity index (χ0) is 12.8. The Bertz CT molecular complexity index is 489. The van der Waals surface area contributed by atoms with E-state index in [1.54, 1.807) is 0 Å². The predicted molar refractivity (Wildman–Crippen MR) is 80.6 cm³/mol. The minimum Gasteiger partial charge on any atom is -0.0985 e. The smallest absolute Gasteiger partial charge is 0.0184 e. The maximum Gasteiger partial charge on any atom is -0.0184 e. The second-order valence-corrected chi connectivity index (χ2v) is 4.63. The van der Waals surface area contributed by atoms with Crippen LogP contribution in [0.2, 0.25) is 0 Å². The quantitative estimate of drug-likeness (QED) is 0.657. The lowest BCUT2D eigenvalue weighted by atomic mass is 10.0. The monoisotopic (exact) mass is 236 g/mol. The predicted octanol–water partition coefficient (Wildman–Crippen LogP) is 5.34. The summed E-state index contributed by atoms with van der Waals surface area (Å²) in [4.78, 5) is 0. The van der Waals surface area contributed by atoms with Gasteiger partial charge in [0, 0.05) is 0 Å². The fraction of sp³-hybridized carbons (Fsp3) is 0.222. The average molecular weight is 236 g/mol. The van der Waals surface area contributed by atoms with Gasteiger partial charge < -0.3 is 0 Å². The Hall–Kier alpha value is -1.82. The van der Waals surface area contributed by atoms with E-state index < -0.39 is 0 Å². The van der Waals surface area contributed by atoms with Gasteiger partial charge in [-0.05, 0) is 35.1 Å². The maximum absolute atomic E-state index is 3.77. The molecule has 0 bridgehead atoms. The van der Waals surface area contributed by atoms with Gasteiger partial charge in [-0.2, -0.15) is 0 Å². The average Bonchev–Trinajstić information content (AvgIpc) is 2.46. The molecule has 2 aromatic rings. The van der Waals surface area contributed by atoms with Gasteiger partial charge in [-0.3, -0.25) is 0 Å². The first kappa shape index (κ1) is 12.6. The minimum absolute atomic E-state index is 1.17. The Labute approximate surface area is 110 Å². The summed E-state index contributed by atoms with van der Waals surface area (Å²) in [5.41, 5.74) is 5.15. The van der Waals surface area contributed by atoms with Crippen LogP contribution >= 0.6 is 0 Å². The molecule has 0 amide bonds. The van der Waals surface area contributed by atoms with Crippen molar-refractivity contribution in [1.82, 2.24) is 0 Å². The molecule has 2 rings (SSSR count). The summed E-state index contributed by atoms with van der Waals surface area (Å²) in [6.07, 6.45) is 5.59. The Balaban J connectivity index is 2.14. The zero-order valence-electron chi connectivity index (χ0n) is 11.0. The molecule has 0 aliphatic heterocycles. The Kier molecular flexibility index (Phi) is 4.35. The van der Waals surface area contributed by atoms with Crippen LogP contribution in [-0.4, -0.2) is 0 Å². The summed E-state index contributed by atoms with van der Waals surface area (Å²) in [5.74, 6) is 0. The molecule has 0 nitrogen and oxygen atoms in total. The number of benzene rings is 2. The second-order valence-electron chi connectivity index (χ2n) is 4.63. The van der Waals surface area contributed by atoms with E-state index in [4.69, 9.17) is 0 Å². The molecule has 0 aromatic heterocycles. The standard InChI is InChI=1S/C18H20/c1-3-5-6-16-9-13-18(14-10-16)17-11-7-15(4-2)8-12-17/h4,7-14H,2-3,5-6H2,1H3. The normalized spacial score (nSPS) is 10.3. The third kappa shape index (κ3) is 3.10. The van der Waals surface area contributed by atoms with Crippen LogP contribution in [0.3, 0.4) is 0 Å². The fourth-order valence-corrected chi connectivity index (χ4v) is 2.06. The van der Waals surface area contributed by atoms with Gasteiger partial charge in [-0.1, -0.05) is 74.5 Å². The van der Waals surface area contributed by atoms with Crippen molar-refractivity contribution < 1.29 is 0 Å². The molecule has 2 aromatic carbocycles. The van der Waals surface area contributed by atoms with E-state index in [2.05, 4.69) is 62.0 Å². The highest BCUT2D eigenvalue weighted by atomic mass is 14.0. The summed E-state index contributed by atoms with van der Waals surface area (Å²) >= 11 is 0. The lowest BCUT2D eigenvalue weighted by Crippen LogP contribution is -1.85. The maximum atomic E-state index is 3.77. The largest absolute Gasteiger partial charge is 0.0985 e. The van der Waals surface area contributed by atoms with Crippen LogP contribution in [0.1, 0.15) is 30.9 Å². The van der Waals surface area contributed by atoms with E-state index in [-0.39, 0.29) is 0 Å². The molecular formula is C18H20. The van der Waals surface area contributed by atoms with Gasteiger partial charge in [-0.25, -0.2) is 0 Å². The number of hydrogen-bond acceptors (Lipinski definition) is 0. The topological polar surface area (TPSA) is 0 Å². The van der Waals surface area contributed by atoms with Crippen LogP contribution in [0.15, 0.2) is 55.1 Å². The molecule has 0 unspecified atom stereocenters. The van der Waals surface area contributed by atoms with Gasteiger partial charge in [0.1, 0.15) is 0 Å². The molecular weight excluding hydrogens is 216 g/mol. The number of unbranched alkanes of at least 4 members (excludes halogenated alkanes) is 1. The molecule has 0 saturated carbocycles. The van der Waals surface area contributed by atoms with Gasteiger partial charge >= 0.3 is 0 Å². The van der Waals surface area contributed by atoms with Gasteiger partial charge in [0.15, 0.2) is 0 Å². The third-order valence-corrected chi connectivity index (χ3v) is 3.25. The first-order valence-corrected chi connectivity index (χ1v) is 6.65. The lowest BCUT2D eigenvalue weighted by molar-refractivity contribution is 0.795. The van der Waals surface area contributed by atoms with E-state index in [0.717, 1.165) is 0 Å².